The first-order valence-corrected chi connectivity index (χ1v) is 4.48. The molecule has 0 heterocycles. The van der Waals surface area contributed by atoms with Crippen LogP contribution >= 0.6 is 0 Å². The highest BCUT2D eigenvalue weighted by molar-refractivity contribution is 5.87. The molecule has 1 N–H and O–H groups in total. The number of allylic oxidation sites excluding steroid dienone is 2. The van der Waals surface area contributed by atoms with E-state index in [2.05, 4.69) is 18.3 Å². The minimum Gasteiger partial charge on any atom is -0.478 e. The zero-order chi connectivity index (χ0) is 12.0. The normalized spacial score (nSPS) is 10.6. The summed E-state index contributed by atoms with van der Waals surface area (Å²) in [5.74, 6) is -0.182. The van der Waals surface area contributed by atoms with Crippen LogP contribution in [0.5, 0.6) is 5.75 Å². The average Bonchev–Trinajstić information content (AvgIpc) is 2.29. The SMILES string of the molecule is C=C/C=C(\N=C)Oc1ccc(C(=O)O)cc1. The van der Waals surface area contributed by atoms with Gasteiger partial charge in [0.05, 0.1) is 5.56 Å². The van der Waals surface area contributed by atoms with Gasteiger partial charge in [-0.05, 0) is 31.0 Å². The van der Waals surface area contributed by atoms with Crippen molar-refractivity contribution >= 4 is 12.7 Å². The van der Waals surface area contributed by atoms with E-state index in [1.165, 1.54) is 18.2 Å². The van der Waals surface area contributed by atoms with Gasteiger partial charge < -0.3 is 9.84 Å². The van der Waals surface area contributed by atoms with E-state index in [0.29, 0.717) is 11.6 Å². The van der Waals surface area contributed by atoms with Gasteiger partial charge in [-0.25, -0.2) is 9.79 Å². The lowest BCUT2D eigenvalue weighted by Gasteiger charge is -2.04. The van der Waals surface area contributed by atoms with Crippen molar-refractivity contribution in [1.82, 2.24) is 0 Å². The zero-order valence-corrected chi connectivity index (χ0v) is 8.59. The number of carboxylic acid groups (broad SMARTS) is 1. The van der Waals surface area contributed by atoms with Gasteiger partial charge in [-0.1, -0.05) is 12.7 Å². The second-order valence-electron chi connectivity index (χ2n) is 2.83. The zero-order valence-electron chi connectivity index (χ0n) is 8.59. The average molecular weight is 217 g/mol. The van der Waals surface area contributed by atoms with Crippen molar-refractivity contribution in [3.05, 3.63) is 54.4 Å². The lowest BCUT2D eigenvalue weighted by molar-refractivity contribution is 0.0697. The van der Waals surface area contributed by atoms with Crippen molar-refractivity contribution < 1.29 is 14.6 Å². The first-order valence-electron chi connectivity index (χ1n) is 4.48. The summed E-state index contributed by atoms with van der Waals surface area (Å²) in [6.45, 7) is 6.84. The summed E-state index contributed by atoms with van der Waals surface area (Å²) in [5.41, 5.74) is 0.202. The molecule has 0 amide bonds. The summed E-state index contributed by atoms with van der Waals surface area (Å²) >= 11 is 0. The quantitative estimate of drug-likeness (QED) is 0.468. The van der Waals surface area contributed by atoms with Crippen LogP contribution in [-0.2, 0) is 0 Å². The number of hydrogen-bond acceptors (Lipinski definition) is 3. The lowest BCUT2D eigenvalue weighted by Crippen LogP contribution is -1.96. The molecule has 0 aromatic heterocycles. The number of aliphatic imine (C=N–C) groups is 1. The first-order chi connectivity index (χ1) is 7.67. The van der Waals surface area contributed by atoms with Crippen LogP contribution in [-0.4, -0.2) is 17.8 Å². The Morgan fingerprint density at radius 2 is 2.00 bits per heavy atom. The minimum atomic E-state index is -0.977. The highest BCUT2D eigenvalue weighted by atomic mass is 16.5. The molecule has 0 aliphatic heterocycles. The molecule has 1 aromatic rings. The Morgan fingerprint density at radius 1 is 1.38 bits per heavy atom. The number of aromatic carboxylic acids is 1. The van der Waals surface area contributed by atoms with Gasteiger partial charge in [0, 0.05) is 6.08 Å². The van der Waals surface area contributed by atoms with Gasteiger partial charge in [0.15, 0.2) is 0 Å². The van der Waals surface area contributed by atoms with Gasteiger partial charge in [-0.3, -0.25) is 0 Å². The van der Waals surface area contributed by atoms with Crippen LogP contribution in [0.1, 0.15) is 10.4 Å². The molecule has 1 rings (SSSR count). The molecule has 82 valence electrons. The van der Waals surface area contributed by atoms with Crippen LogP contribution in [0.3, 0.4) is 0 Å². The molecule has 0 saturated heterocycles. The largest absolute Gasteiger partial charge is 0.478 e. The second-order valence-corrected chi connectivity index (χ2v) is 2.83. The van der Waals surface area contributed by atoms with Crippen LogP contribution < -0.4 is 4.74 Å². The van der Waals surface area contributed by atoms with Crippen molar-refractivity contribution in [2.75, 3.05) is 0 Å². The molecule has 0 aliphatic carbocycles. The molecule has 0 radical (unpaired) electrons. The molecule has 0 atom stereocenters. The number of rotatable bonds is 5. The lowest BCUT2D eigenvalue weighted by atomic mass is 10.2. The van der Waals surface area contributed by atoms with E-state index >= 15 is 0 Å². The van der Waals surface area contributed by atoms with Gasteiger partial charge in [0.25, 0.3) is 0 Å². The van der Waals surface area contributed by atoms with E-state index in [-0.39, 0.29) is 5.56 Å². The van der Waals surface area contributed by atoms with Crippen molar-refractivity contribution in [2.24, 2.45) is 4.99 Å². The molecule has 1 aromatic carbocycles. The van der Waals surface area contributed by atoms with Gasteiger partial charge in [-0.15, -0.1) is 0 Å². The fourth-order valence-corrected chi connectivity index (χ4v) is 1.01. The number of carbonyl (C=O) groups is 1. The van der Waals surface area contributed by atoms with E-state index in [0.717, 1.165) is 0 Å². The molecule has 0 saturated carbocycles. The van der Waals surface area contributed by atoms with E-state index in [1.807, 2.05) is 0 Å². The van der Waals surface area contributed by atoms with Gasteiger partial charge in [0.2, 0.25) is 5.88 Å². The molecule has 0 spiro atoms. The summed E-state index contributed by atoms with van der Waals surface area (Å²) in [6.07, 6.45) is 3.08. The van der Waals surface area contributed by atoms with Crippen LogP contribution in [0, 0.1) is 0 Å². The van der Waals surface area contributed by atoms with Crippen LogP contribution in [0.2, 0.25) is 0 Å². The fraction of sp³-hybridized carbons (Fsp3) is 0. The van der Waals surface area contributed by atoms with Crippen LogP contribution in [0.25, 0.3) is 0 Å². The number of ether oxygens (including phenoxy) is 1. The first kappa shape index (κ1) is 11.7. The maximum absolute atomic E-state index is 10.6. The predicted molar refractivity (Wildman–Crippen MR) is 61.9 cm³/mol. The summed E-state index contributed by atoms with van der Waals surface area (Å²) in [4.78, 5) is 14.2. The summed E-state index contributed by atoms with van der Waals surface area (Å²) in [6, 6.07) is 6.00. The smallest absolute Gasteiger partial charge is 0.335 e. The topological polar surface area (TPSA) is 58.9 Å². The maximum atomic E-state index is 10.6. The van der Waals surface area contributed by atoms with Gasteiger partial charge >= 0.3 is 5.97 Å². The van der Waals surface area contributed by atoms with Crippen molar-refractivity contribution in [1.29, 1.82) is 0 Å². The third-order valence-corrected chi connectivity index (χ3v) is 1.74. The Balaban J connectivity index is 2.82. The van der Waals surface area contributed by atoms with E-state index in [4.69, 9.17) is 9.84 Å². The van der Waals surface area contributed by atoms with Gasteiger partial charge in [-0.2, -0.15) is 0 Å². The van der Waals surface area contributed by atoms with Gasteiger partial charge in [0.1, 0.15) is 5.75 Å². The Labute approximate surface area is 93.2 Å². The predicted octanol–water partition coefficient (Wildman–Crippen LogP) is 2.49. The molecule has 0 bridgehead atoms. The van der Waals surface area contributed by atoms with E-state index in [1.54, 1.807) is 18.2 Å². The number of benzene rings is 1. The minimum absolute atomic E-state index is 0.202. The molecule has 4 nitrogen and oxygen atoms in total. The Bertz CT molecular complexity index is 432. The summed E-state index contributed by atoms with van der Waals surface area (Å²) in [5, 5.41) is 8.69. The van der Waals surface area contributed by atoms with Crippen molar-refractivity contribution in [2.45, 2.75) is 0 Å². The third-order valence-electron chi connectivity index (χ3n) is 1.74. The molecule has 4 heteroatoms. The Hall–Kier alpha value is -2.36. The molecule has 0 fully saturated rings. The maximum Gasteiger partial charge on any atom is 0.335 e. The molecular weight excluding hydrogens is 206 g/mol. The molecule has 0 unspecified atom stereocenters. The van der Waals surface area contributed by atoms with Crippen molar-refractivity contribution in [3.8, 4) is 5.75 Å². The standard InChI is InChI=1S/C12H11NO3/c1-3-4-11(13-2)16-10-7-5-9(6-8-10)12(14)15/h3-8H,1-2H2,(H,14,15)/b11-4+. The van der Waals surface area contributed by atoms with E-state index < -0.39 is 5.97 Å². The van der Waals surface area contributed by atoms with Crippen LogP contribution in [0.15, 0.2) is 53.9 Å². The number of nitrogens with zero attached hydrogens (tertiary/aromatic N) is 1. The summed E-state index contributed by atoms with van der Waals surface area (Å²) in [7, 11) is 0. The second kappa shape index (κ2) is 5.50. The summed E-state index contributed by atoms with van der Waals surface area (Å²) < 4.78 is 5.31. The Kier molecular flexibility index (Phi) is 4.03. The van der Waals surface area contributed by atoms with Crippen molar-refractivity contribution in [3.63, 3.8) is 0 Å². The molecule has 0 aliphatic rings. The monoisotopic (exact) mass is 217 g/mol. The van der Waals surface area contributed by atoms with E-state index in [9.17, 15) is 4.79 Å². The highest BCUT2D eigenvalue weighted by Crippen LogP contribution is 2.15. The van der Waals surface area contributed by atoms with Crippen LogP contribution in [0.4, 0.5) is 0 Å². The third kappa shape index (κ3) is 3.09. The Morgan fingerprint density at radius 3 is 2.44 bits per heavy atom. The fourth-order valence-electron chi connectivity index (χ4n) is 1.01. The molecular formula is C12H11NO3. The molecule has 16 heavy (non-hydrogen) atoms. The number of hydrogen-bond donors (Lipinski definition) is 1. The highest BCUT2D eigenvalue weighted by Gasteiger charge is 2.02. The number of carboxylic acids is 1.